The molecular weight excluding hydrogens is 681 g/mol. The Morgan fingerprint density at radius 3 is 2.34 bits per heavy atom. The van der Waals surface area contributed by atoms with Crippen LogP contribution < -0.4 is 36.2 Å². The summed E-state index contributed by atoms with van der Waals surface area (Å²) in [5, 5.41) is 29.8. The summed E-state index contributed by atoms with van der Waals surface area (Å²) in [7, 11) is 1.30. The third-order valence-electron chi connectivity index (χ3n) is 11.0. The Balaban J connectivity index is 0.00000541. The van der Waals surface area contributed by atoms with E-state index in [9.17, 15) is 19.8 Å². The summed E-state index contributed by atoms with van der Waals surface area (Å²) in [6, 6.07) is -0.598. The zero-order valence-corrected chi connectivity index (χ0v) is 33.3. The number of aliphatic hydroxyl groups excluding tert-OH is 2. The van der Waals surface area contributed by atoms with Crippen LogP contribution >= 0.6 is 0 Å². The van der Waals surface area contributed by atoms with Gasteiger partial charge in [-0.1, -0.05) is 92.0 Å². The molecule has 1 unspecified atom stereocenters. The third-order valence-corrected chi connectivity index (χ3v) is 11.0. The van der Waals surface area contributed by atoms with Crippen LogP contribution in [0.3, 0.4) is 0 Å². The first-order valence-corrected chi connectivity index (χ1v) is 18.2. The molecule has 1 fully saturated rings. The summed E-state index contributed by atoms with van der Waals surface area (Å²) < 4.78 is 10.8. The second-order valence-corrected chi connectivity index (χ2v) is 14.0. The summed E-state index contributed by atoms with van der Waals surface area (Å²) in [5.74, 6) is -2.52. The minimum absolute atomic E-state index is 0. The molecule has 1 saturated heterocycles. The predicted molar refractivity (Wildman–Crippen MR) is 207 cm³/mol. The number of carbonyl (C=O) groups excluding carboxylic acids is 2. The number of fused-ring (bicyclic) bond motifs is 8. The van der Waals surface area contributed by atoms with Crippen LogP contribution in [0.2, 0.25) is 0 Å². The van der Waals surface area contributed by atoms with Crippen LogP contribution in [0.4, 0.5) is 0 Å². The smallest absolute Gasteiger partial charge is 0.681 e. The third kappa shape index (κ3) is 7.23. The first-order valence-electron chi connectivity index (χ1n) is 18.2. The number of ether oxygens (including phenoxy) is 2. The van der Waals surface area contributed by atoms with Crippen molar-refractivity contribution in [3.8, 4) is 0 Å². The van der Waals surface area contributed by atoms with Gasteiger partial charge in [-0.3, -0.25) is 9.59 Å². The number of rotatable bonds is 11. The van der Waals surface area contributed by atoms with Crippen LogP contribution in [0.1, 0.15) is 98.3 Å². The minimum atomic E-state index is -1.10. The molecule has 5 heterocycles. The van der Waals surface area contributed by atoms with Crippen molar-refractivity contribution in [2.45, 2.75) is 86.3 Å². The molecule has 11 heteroatoms. The van der Waals surface area contributed by atoms with E-state index in [1.165, 1.54) is 12.7 Å². The fraction of sp³-hybridized carbons (Fsp3) is 0.429. The predicted octanol–water partition coefficient (Wildman–Crippen LogP) is 3.20. The molecule has 0 radical (unpaired) electrons. The zero-order valence-electron chi connectivity index (χ0n) is 31.9. The van der Waals surface area contributed by atoms with Gasteiger partial charge in [0.15, 0.2) is 0 Å². The van der Waals surface area contributed by atoms with Crippen LogP contribution in [0.25, 0.3) is 41.0 Å². The Morgan fingerprint density at radius 1 is 0.981 bits per heavy atom. The molecule has 2 aliphatic heterocycles. The quantitative estimate of drug-likeness (QED) is 0.173. The van der Waals surface area contributed by atoms with Crippen molar-refractivity contribution in [1.82, 2.24) is 15.0 Å². The monoisotopic (exact) mass is 728 g/mol. The molecule has 2 N–H and O–H groups in total. The van der Waals surface area contributed by atoms with Gasteiger partial charge in [0.2, 0.25) is 0 Å². The minimum Gasteiger partial charge on any atom is -0.681 e. The van der Waals surface area contributed by atoms with Gasteiger partial charge in [-0.05, 0) is 69.1 Å². The van der Waals surface area contributed by atoms with E-state index in [0.29, 0.717) is 67.9 Å². The maximum absolute atomic E-state index is 13.5. The van der Waals surface area contributed by atoms with E-state index in [-0.39, 0.29) is 66.3 Å². The SMILES string of the molecule is C=Cc1c2[n-]c(c1C)/C=C1\[N-]C(C3=c4[n-]c(c(C)c4=C(O)[C@@H]3C(=O)OC)/C=c3\[n-]/c(c(CO)c3CC)=C\2)[C@@H](CCC(=O)OC/C=C(\C)CCC)[C@@H]1C.[Mg+2]. The summed E-state index contributed by atoms with van der Waals surface area (Å²) in [6.45, 7) is 16.2. The number of allylic oxidation sites excluding steroid dienone is 2. The van der Waals surface area contributed by atoms with E-state index in [2.05, 4.69) is 20.4 Å². The molecule has 53 heavy (non-hydrogen) atoms. The van der Waals surface area contributed by atoms with Crippen molar-refractivity contribution in [2.24, 2.45) is 17.8 Å². The van der Waals surface area contributed by atoms with E-state index in [4.69, 9.17) is 29.7 Å². The molecule has 10 nitrogen and oxygen atoms in total. The second kappa shape index (κ2) is 16.4. The molecule has 8 bridgehead atoms. The van der Waals surface area contributed by atoms with Gasteiger partial charge in [0, 0.05) is 11.6 Å². The molecule has 3 aromatic heterocycles. The van der Waals surface area contributed by atoms with Crippen LogP contribution in [0, 0.1) is 31.6 Å². The topological polar surface area (TPSA) is 149 Å². The second-order valence-electron chi connectivity index (χ2n) is 14.0. The number of esters is 2. The van der Waals surface area contributed by atoms with E-state index < -0.39 is 17.9 Å². The molecule has 276 valence electrons. The van der Waals surface area contributed by atoms with Crippen molar-refractivity contribution in [3.05, 3.63) is 95.4 Å². The van der Waals surface area contributed by atoms with Gasteiger partial charge in [-0.2, -0.15) is 5.70 Å². The zero-order chi connectivity index (χ0) is 37.4. The summed E-state index contributed by atoms with van der Waals surface area (Å²) in [4.78, 5) is 41.6. The first kappa shape index (κ1) is 40.0. The van der Waals surface area contributed by atoms with Crippen LogP contribution in [0.5, 0.6) is 0 Å². The van der Waals surface area contributed by atoms with Gasteiger partial charge >= 0.3 is 35.0 Å². The fourth-order valence-corrected chi connectivity index (χ4v) is 8.09. The van der Waals surface area contributed by atoms with Gasteiger partial charge in [0.05, 0.1) is 13.7 Å². The Hall–Kier alpha value is -4.19. The summed E-state index contributed by atoms with van der Waals surface area (Å²) in [5.41, 5.74) is 8.56. The maximum atomic E-state index is 13.5. The molecule has 3 aromatic rings. The molecular formula is C42H48MgN4O6-2. The number of carbonyl (C=O) groups is 2. The molecule has 0 amide bonds. The number of aliphatic hydroxyl groups is 2. The van der Waals surface area contributed by atoms with Crippen LogP contribution in [-0.2, 0) is 32.1 Å². The number of hydrogen-bond donors (Lipinski definition) is 2. The Bertz CT molecular complexity index is 2250. The van der Waals surface area contributed by atoms with Crippen molar-refractivity contribution in [1.29, 1.82) is 0 Å². The van der Waals surface area contributed by atoms with Gasteiger partial charge < -0.3 is 40.0 Å². The van der Waals surface area contributed by atoms with Gasteiger partial charge in [-0.25, -0.2) is 0 Å². The Labute approximate surface area is 326 Å². The summed E-state index contributed by atoms with van der Waals surface area (Å²) >= 11 is 0. The largest absolute Gasteiger partial charge is 2.00 e. The molecule has 6 rings (SSSR count). The summed E-state index contributed by atoms with van der Waals surface area (Å²) in [6.07, 6.45) is 12.6. The van der Waals surface area contributed by atoms with Crippen molar-refractivity contribution in [3.63, 3.8) is 0 Å². The fourth-order valence-electron chi connectivity index (χ4n) is 8.09. The Morgan fingerprint density at radius 2 is 1.68 bits per heavy atom. The number of hydrogen-bond acceptors (Lipinski definition) is 6. The average molecular weight is 729 g/mol. The first-order chi connectivity index (χ1) is 25.0. The standard InChI is InChI=1S/C42H48N4O6.Mg/c1-9-12-21(4)15-16-52-35(48)14-13-27-23(6)30-17-29-22(5)25(10-2)32(43-29)19-34-28(20-47)26(11-3)33(44-34)18-31-24(7)36-40(46-31)37(39(27)45-30)38(41(36)49)42(50)51-8;/h10,15,17-19,23,27,38-39,47,49H,2,9,11-14,16,20H2,1,3-8H3;/q-4;+2/b21-15+,30-17-,33-18-,34-19-;/t23-,27-,38+,39?;/m0./s1. The van der Waals surface area contributed by atoms with Crippen LogP contribution in [-0.4, -0.2) is 65.0 Å². The number of nitrogens with zero attached hydrogens (tertiary/aromatic N) is 4. The van der Waals surface area contributed by atoms with Crippen molar-refractivity contribution in [2.75, 3.05) is 13.7 Å². The van der Waals surface area contributed by atoms with E-state index >= 15 is 0 Å². The van der Waals surface area contributed by atoms with Gasteiger partial charge in [0.25, 0.3) is 0 Å². The molecule has 0 spiro atoms. The van der Waals surface area contributed by atoms with E-state index in [0.717, 1.165) is 35.2 Å². The Kier molecular flexibility index (Phi) is 12.4. The average Bonchev–Trinajstić information content (AvgIpc) is 3.87. The number of aromatic nitrogens is 3. The van der Waals surface area contributed by atoms with E-state index in [1.54, 1.807) is 6.08 Å². The van der Waals surface area contributed by atoms with Gasteiger partial charge in [-0.15, -0.1) is 33.1 Å². The molecule has 0 saturated carbocycles. The number of methoxy groups -OCH3 is 1. The van der Waals surface area contributed by atoms with E-state index in [1.807, 2.05) is 52.0 Å². The molecule has 4 atom stereocenters. The normalized spacial score (nSPS) is 22.5. The van der Waals surface area contributed by atoms with Crippen LogP contribution in [0.15, 0.2) is 23.9 Å². The van der Waals surface area contributed by atoms with Crippen molar-refractivity contribution < 1.29 is 29.3 Å². The van der Waals surface area contributed by atoms with Gasteiger partial charge in [0.1, 0.15) is 18.3 Å². The molecule has 3 aliphatic rings. The van der Waals surface area contributed by atoms with Crippen molar-refractivity contribution >= 4 is 70.6 Å². The maximum Gasteiger partial charge on any atom is 2.00 e. The molecule has 0 aromatic carbocycles. The molecule has 1 aliphatic carbocycles.